The first kappa shape index (κ1) is 12.7. The van der Waals surface area contributed by atoms with E-state index in [-0.39, 0.29) is 0 Å². The van der Waals surface area contributed by atoms with Gasteiger partial charge < -0.3 is 0 Å². The average molecular weight is 243 g/mol. The molecule has 0 bridgehead atoms. The predicted octanol–water partition coefficient (Wildman–Crippen LogP) is 4.82. The van der Waals surface area contributed by atoms with Crippen molar-refractivity contribution in [3.05, 3.63) is 34.3 Å². The predicted molar refractivity (Wildman–Crippen MR) is 64.1 cm³/mol. The molecule has 0 atom stereocenters. The van der Waals surface area contributed by atoms with Gasteiger partial charge in [0.1, 0.15) is 0 Å². The van der Waals surface area contributed by atoms with Crippen LogP contribution in [0.15, 0.2) is 28.7 Å². The Morgan fingerprint density at radius 3 is 2.31 bits per heavy atom. The molecule has 0 aliphatic carbocycles. The van der Waals surface area contributed by atoms with Gasteiger partial charge in [0.05, 0.1) is 0 Å². The summed E-state index contributed by atoms with van der Waals surface area (Å²) in [6.45, 7) is 6.22. The topological polar surface area (TPSA) is 0 Å². The molecule has 0 aliphatic rings. The quantitative estimate of drug-likeness (QED) is 0.714. The molecular weight excluding hydrogens is 224 g/mol. The van der Waals surface area contributed by atoms with Gasteiger partial charge in [-0.2, -0.15) is 0 Å². The largest absolute Gasteiger partial charge is 0.0683 e. The molecular formula is C12H19Br. The van der Waals surface area contributed by atoms with Crippen molar-refractivity contribution in [2.75, 3.05) is 0 Å². The highest BCUT2D eigenvalue weighted by Crippen LogP contribution is 2.17. The van der Waals surface area contributed by atoms with E-state index in [1.807, 2.05) is 13.8 Å². The van der Waals surface area contributed by atoms with E-state index >= 15 is 0 Å². The summed E-state index contributed by atoms with van der Waals surface area (Å²) in [5.74, 6) is 0. The minimum atomic E-state index is 1.19. The zero-order valence-electron chi connectivity index (χ0n) is 8.81. The zero-order chi connectivity index (χ0) is 10.1. The highest BCUT2D eigenvalue weighted by molar-refractivity contribution is 9.10. The molecule has 0 fully saturated rings. The third kappa shape index (κ3) is 5.09. The van der Waals surface area contributed by atoms with Crippen LogP contribution in [0.2, 0.25) is 0 Å². The maximum atomic E-state index is 3.53. The molecule has 0 aliphatic heterocycles. The molecule has 74 valence electrons. The second-order valence-corrected chi connectivity index (χ2v) is 3.55. The van der Waals surface area contributed by atoms with Crippen molar-refractivity contribution in [3.8, 4) is 0 Å². The van der Waals surface area contributed by atoms with Crippen molar-refractivity contribution in [1.82, 2.24) is 0 Å². The molecule has 1 heteroatoms. The van der Waals surface area contributed by atoms with E-state index in [1.54, 1.807) is 0 Å². The van der Waals surface area contributed by atoms with E-state index < -0.39 is 0 Å². The Labute approximate surface area is 90.5 Å². The van der Waals surface area contributed by atoms with Crippen LogP contribution in [0.1, 0.15) is 39.2 Å². The van der Waals surface area contributed by atoms with Gasteiger partial charge in [-0.1, -0.05) is 61.3 Å². The Kier molecular flexibility index (Phi) is 8.11. The summed E-state index contributed by atoms with van der Waals surface area (Å²) in [5, 5.41) is 0. The Balaban J connectivity index is 0.000000671. The van der Waals surface area contributed by atoms with Crippen LogP contribution in [0, 0.1) is 0 Å². The average Bonchev–Trinajstić information content (AvgIpc) is 2.20. The van der Waals surface area contributed by atoms with Crippen molar-refractivity contribution in [1.29, 1.82) is 0 Å². The number of hydrogen-bond donors (Lipinski definition) is 0. The summed E-state index contributed by atoms with van der Waals surface area (Å²) in [6, 6.07) is 8.43. The number of hydrogen-bond acceptors (Lipinski definition) is 0. The molecule has 13 heavy (non-hydrogen) atoms. The summed E-state index contributed by atoms with van der Waals surface area (Å²) < 4.78 is 1.24. The molecule has 1 aromatic rings. The van der Waals surface area contributed by atoms with E-state index in [0.717, 1.165) is 0 Å². The monoisotopic (exact) mass is 242 g/mol. The van der Waals surface area contributed by atoms with Crippen LogP contribution in [0.5, 0.6) is 0 Å². The van der Waals surface area contributed by atoms with Gasteiger partial charge in [0, 0.05) is 4.47 Å². The second-order valence-electron chi connectivity index (χ2n) is 2.69. The lowest BCUT2D eigenvalue weighted by atomic mass is 10.1. The van der Waals surface area contributed by atoms with Crippen molar-refractivity contribution in [3.63, 3.8) is 0 Å². The van der Waals surface area contributed by atoms with E-state index in [9.17, 15) is 0 Å². The molecule has 0 aromatic heterocycles. The van der Waals surface area contributed by atoms with Crippen LogP contribution in [0.3, 0.4) is 0 Å². The Morgan fingerprint density at radius 1 is 1.15 bits per heavy atom. The van der Waals surface area contributed by atoms with Crippen LogP contribution in [-0.4, -0.2) is 0 Å². The highest BCUT2D eigenvalue weighted by Gasteiger charge is 1.95. The van der Waals surface area contributed by atoms with Crippen LogP contribution in [-0.2, 0) is 6.42 Å². The molecule has 1 aromatic carbocycles. The van der Waals surface area contributed by atoms with Gasteiger partial charge in [-0.15, -0.1) is 0 Å². The summed E-state index contributed by atoms with van der Waals surface area (Å²) in [4.78, 5) is 0. The lowest BCUT2D eigenvalue weighted by Gasteiger charge is -2.01. The van der Waals surface area contributed by atoms with Crippen LogP contribution in [0.25, 0.3) is 0 Å². The van der Waals surface area contributed by atoms with E-state index in [0.29, 0.717) is 0 Å². The standard InChI is InChI=1S/C10H13Br.C2H6/c1-2-3-6-9-7-4-5-8-10(9)11;1-2/h4-5,7-8H,2-3,6H2,1H3;1-2H3. The maximum absolute atomic E-state index is 3.53. The Hall–Kier alpha value is -0.300. The summed E-state index contributed by atoms with van der Waals surface area (Å²) in [5.41, 5.74) is 1.43. The fourth-order valence-electron chi connectivity index (χ4n) is 1.07. The molecule has 0 N–H and O–H groups in total. The van der Waals surface area contributed by atoms with Gasteiger partial charge in [0.15, 0.2) is 0 Å². The molecule has 0 unspecified atom stereocenters. The highest BCUT2D eigenvalue weighted by atomic mass is 79.9. The van der Waals surface area contributed by atoms with Crippen molar-refractivity contribution in [2.24, 2.45) is 0 Å². The molecule has 1 rings (SSSR count). The molecule has 0 heterocycles. The van der Waals surface area contributed by atoms with Crippen molar-refractivity contribution < 1.29 is 0 Å². The van der Waals surface area contributed by atoms with Crippen LogP contribution >= 0.6 is 15.9 Å². The molecule has 0 radical (unpaired) electrons. The van der Waals surface area contributed by atoms with Gasteiger partial charge in [-0.3, -0.25) is 0 Å². The number of rotatable bonds is 3. The summed E-state index contributed by atoms with van der Waals surface area (Å²) >= 11 is 3.53. The van der Waals surface area contributed by atoms with Gasteiger partial charge in [0.2, 0.25) is 0 Å². The molecule has 0 nitrogen and oxygen atoms in total. The lowest BCUT2D eigenvalue weighted by molar-refractivity contribution is 0.793. The molecule has 0 spiro atoms. The normalized spacial score (nSPS) is 8.92. The van der Waals surface area contributed by atoms with E-state index in [2.05, 4.69) is 47.1 Å². The fraction of sp³-hybridized carbons (Fsp3) is 0.500. The Bertz CT molecular complexity index is 218. The van der Waals surface area contributed by atoms with Crippen molar-refractivity contribution >= 4 is 15.9 Å². The van der Waals surface area contributed by atoms with Gasteiger partial charge in [-0.25, -0.2) is 0 Å². The number of benzene rings is 1. The third-order valence-corrected chi connectivity index (χ3v) is 2.53. The summed E-state index contributed by atoms with van der Waals surface area (Å²) in [7, 11) is 0. The lowest BCUT2D eigenvalue weighted by Crippen LogP contribution is -1.84. The van der Waals surface area contributed by atoms with Gasteiger partial charge in [-0.05, 0) is 24.5 Å². The minimum absolute atomic E-state index is 1.19. The summed E-state index contributed by atoms with van der Waals surface area (Å²) in [6.07, 6.45) is 3.74. The zero-order valence-corrected chi connectivity index (χ0v) is 10.4. The molecule has 0 saturated heterocycles. The van der Waals surface area contributed by atoms with Crippen LogP contribution < -0.4 is 0 Å². The van der Waals surface area contributed by atoms with E-state index in [4.69, 9.17) is 0 Å². The minimum Gasteiger partial charge on any atom is -0.0683 e. The number of aryl methyl sites for hydroxylation is 1. The Morgan fingerprint density at radius 2 is 1.77 bits per heavy atom. The SMILES string of the molecule is CC.CCCCc1ccccc1Br. The molecule has 0 saturated carbocycles. The maximum Gasteiger partial charge on any atom is 0.0207 e. The van der Waals surface area contributed by atoms with Gasteiger partial charge >= 0.3 is 0 Å². The fourth-order valence-corrected chi connectivity index (χ4v) is 1.55. The first-order chi connectivity index (χ1) is 6.34. The van der Waals surface area contributed by atoms with Crippen LogP contribution in [0.4, 0.5) is 0 Å². The number of unbranched alkanes of at least 4 members (excludes halogenated alkanes) is 1. The first-order valence-corrected chi connectivity index (χ1v) is 5.87. The molecule has 0 amide bonds. The number of halogens is 1. The smallest absolute Gasteiger partial charge is 0.0207 e. The third-order valence-electron chi connectivity index (χ3n) is 1.76. The van der Waals surface area contributed by atoms with Crippen molar-refractivity contribution in [2.45, 2.75) is 40.0 Å². The van der Waals surface area contributed by atoms with E-state index in [1.165, 1.54) is 29.3 Å². The van der Waals surface area contributed by atoms with Gasteiger partial charge in [0.25, 0.3) is 0 Å². The second kappa shape index (κ2) is 8.31. The first-order valence-electron chi connectivity index (χ1n) is 5.08.